The summed E-state index contributed by atoms with van der Waals surface area (Å²) in [5.74, 6) is -0.153. The Morgan fingerprint density at radius 3 is 2.59 bits per heavy atom. The van der Waals surface area contributed by atoms with Crippen molar-refractivity contribution in [3.63, 3.8) is 0 Å². The molecule has 0 saturated carbocycles. The first-order chi connectivity index (χ1) is 10.5. The highest BCUT2D eigenvalue weighted by atomic mass is 32.2. The Kier molecular flexibility index (Phi) is 5.55. The molecule has 0 aliphatic carbocycles. The van der Waals surface area contributed by atoms with E-state index < -0.39 is 9.84 Å². The van der Waals surface area contributed by atoms with E-state index in [0.29, 0.717) is 5.56 Å². The van der Waals surface area contributed by atoms with Gasteiger partial charge in [0, 0.05) is 32.3 Å². The number of rotatable bonds is 6. The fraction of sp³-hybridized carbons (Fsp3) is 0.533. The van der Waals surface area contributed by atoms with Crippen LogP contribution in [0.25, 0.3) is 0 Å². The summed E-state index contributed by atoms with van der Waals surface area (Å²) in [5.41, 5.74) is 0.500. The average molecular weight is 326 g/mol. The molecule has 1 aromatic carbocycles. The van der Waals surface area contributed by atoms with E-state index in [1.54, 1.807) is 24.1 Å². The summed E-state index contributed by atoms with van der Waals surface area (Å²) in [5, 5.41) is 3.22. The van der Waals surface area contributed by atoms with Crippen molar-refractivity contribution in [3.05, 3.63) is 29.8 Å². The van der Waals surface area contributed by atoms with Gasteiger partial charge in [-0.15, -0.1) is 0 Å². The number of carbonyl (C=O) groups is 1. The Bertz CT molecular complexity index is 607. The molecular formula is C15H22N2O4S. The molecule has 22 heavy (non-hydrogen) atoms. The predicted molar refractivity (Wildman–Crippen MR) is 83.7 cm³/mol. The fourth-order valence-electron chi connectivity index (χ4n) is 2.46. The van der Waals surface area contributed by atoms with Crippen LogP contribution >= 0.6 is 0 Å². The van der Waals surface area contributed by atoms with Crippen molar-refractivity contribution in [3.8, 4) is 0 Å². The minimum atomic E-state index is -3.36. The lowest BCUT2D eigenvalue weighted by atomic mass is 10.1. The van der Waals surface area contributed by atoms with E-state index in [0.717, 1.165) is 19.5 Å². The number of amides is 1. The largest absolute Gasteiger partial charge is 0.384 e. The Balaban J connectivity index is 2.09. The van der Waals surface area contributed by atoms with Gasteiger partial charge in [0.2, 0.25) is 0 Å². The topological polar surface area (TPSA) is 75.7 Å². The van der Waals surface area contributed by atoms with Crippen molar-refractivity contribution in [2.24, 2.45) is 0 Å². The van der Waals surface area contributed by atoms with Crippen LogP contribution in [0.15, 0.2) is 29.2 Å². The molecule has 1 aliphatic heterocycles. The number of methoxy groups -OCH3 is 1. The molecule has 1 N–H and O–H groups in total. The molecule has 1 atom stereocenters. The van der Waals surface area contributed by atoms with Gasteiger partial charge in [-0.2, -0.15) is 0 Å². The van der Waals surface area contributed by atoms with E-state index in [4.69, 9.17) is 4.74 Å². The van der Waals surface area contributed by atoms with Gasteiger partial charge in [0.1, 0.15) is 0 Å². The van der Waals surface area contributed by atoms with Crippen LogP contribution < -0.4 is 5.32 Å². The summed E-state index contributed by atoms with van der Waals surface area (Å²) in [6, 6.07) is 6.30. The number of hydrogen-bond acceptors (Lipinski definition) is 5. The third-order valence-electron chi connectivity index (χ3n) is 3.92. The summed E-state index contributed by atoms with van der Waals surface area (Å²) in [6.45, 7) is 1.87. The second-order valence-corrected chi connectivity index (χ2v) is 7.51. The van der Waals surface area contributed by atoms with Gasteiger partial charge >= 0.3 is 0 Å². The lowest BCUT2D eigenvalue weighted by Gasteiger charge is -2.23. The van der Waals surface area contributed by atoms with E-state index >= 15 is 0 Å². The van der Waals surface area contributed by atoms with Gasteiger partial charge in [-0.1, -0.05) is 0 Å². The van der Waals surface area contributed by atoms with E-state index in [1.165, 1.54) is 19.2 Å². The van der Waals surface area contributed by atoms with Gasteiger partial charge in [0.05, 0.1) is 17.3 Å². The molecule has 6 nitrogen and oxygen atoms in total. The first-order valence-electron chi connectivity index (χ1n) is 7.25. The van der Waals surface area contributed by atoms with Gasteiger partial charge in [0.25, 0.3) is 5.91 Å². The van der Waals surface area contributed by atoms with Crippen LogP contribution in [-0.4, -0.2) is 64.9 Å². The van der Waals surface area contributed by atoms with Crippen molar-refractivity contribution in [1.82, 2.24) is 10.2 Å². The van der Waals surface area contributed by atoms with E-state index in [1.807, 2.05) is 0 Å². The number of likely N-dealkylation sites (N-methyl/N-ethyl adjacent to an activating group) is 1. The molecule has 1 fully saturated rings. The molecule has 0 aromatic heterocycles. The normalized spacial score (nSPS) is 18.4. The van der Waals surface area contributed by atoms with Gasteiger partial charge in [-0.3, -0.25) is 4.79 Å². The number of hydrogen-bond donors (Lipinski definition) is 1. The van der Waals surface area contributed by atoms with E-state index in [9.17, 15) is 13.2 Å². The van der Waals surface area contributed by atoms with Gasteiger partial charge in [-0.05, 0) is 37.2 Å². The van der Waals surface area contributed by atoms with Crippen molar-refractivity contribution in [1.29, 1.82) is 0 Å². The highest BCUT2D eigenvalue weighted by molar-refractivity contribution is 7.91. The molecule has 2 rings (SSSR count). The Labute approximate surface area is 131 Å². The third-order valence-corrected chi connectivity index (χ3v) is 5.61. The molecule has 1 unspecified atom stereocenters. The molecule has 1 amide bonds. The number of nitrogens with one attached hydrogen (secondary N) is 1. The van der Waals surface area contributed by atoms with Gasteiger partial charge < -0.3 is 15.0 Å². The molecular weight excluding hydrogens is 304 g/mol. The van der Waals surface area contributed by atoms with Crippen LogP contribution in [0.1, 0.15) is 16.8 Å². The zero-order valence-corrected chi connectivity index (χ0v) is 13.7. The average Bonchev–Trinajstić information content (AvgIpc) is 3.06. The summed E-state index contributed by atoms with van der Waals surface area (Å²) < 4.78 is 28.9. The minimum absolute atomic E-state index is 0.0650. The minimum Gasteiger partial charge on any atom is -0.384 e. The fourth-order valence-corrected chi connectivity index (χ4v) is 3.63. The van der Waals surface area contributed by atoms with Crippen LogP contribution in [0.5, 0.6) is 0 Å². The van der Waals surface area contributed by atoms with Crippen LogP contribution in [0.4, 0.5) is 0 Å². The van der Waals surface area contributed by atoms with Crippen molar-refractivity contribution in [2.75, 3.05) is 39.6 Å². The number of carbonyl (C=O) groups excluding carboxylic acids is 1. The summed E-state index contributed by atoms with van der Waals surface area (Å²) in [7, 11) is -0.116. The first kappa shape index (κ1) is 16.9. The summed E-state index contributed by atoms with van der Waals surface area (Å²) >= 11 is 0. The van der Waals surface area contributed by atoms with Crippen molar-refractivity contribution < 1.29 is 17.9 Å². The molecule has 122 valence electrons. The molecule has 1 aliphatic rings. The SMILES string of the molecule is COCCS(=O)(=O)c1ccc(C(=O)N(C)C2CCNC2)cc1. The monoisotopic (exact) mass is 326 g/mol. The van der Waals surface area contributed by atoms with E-state index in [-0.39, 0.29) is 29.2 Å². The summed E-state index contributed by atoms with van der Waals surface area (Å²) in [4.78, 5) is 14.3. The molecule has 0 bridgehead atoms. The Morgan fingerprint density at radius 2 is 2.05 bits per heavy atom. The number of nitrogens with zero attached hydrogens (tertiary/aromatic N) is 1. The van der Waals surface area contributed by atoms with Crippen LogP contribution in [0.3, 0.4) is 0 Å². The van der Waals surface area contributed by atoms with Crippen molar-refractivity contribution in [2.45, 2.75) is 17.4 Å². The van der Waals surface area contributed by atoms with Crippen LogP contribution in [-0.2, 0) is 14.6 Å². The Morgan fingerprint density at radius 1 is 1.36 bits per heavy atom. The van der Waals surface area contributed by atoms with E-state index in [2.05, 4.69) is 5.32 Å². The lowest BCUT2D eigenvalue weighted by molar-refractivity contribution is 0.0743. The maximum atomic E-state index is 12.4. The summed E-state index contributed by atoms with van der Waals surface area (Å²) in [6.07, 6.45) is 0.936. The molecule has 7 heteroatoms. The first-order valence-corrected chi connectivity index (χ1v) is 8.90. The Hall–Kier alpha value is -1.44. The predicted octanol–water partition coefficient (Wildman–Crippen LogP) is 0.541. The molecule has 1 heterocycles. The lowest BCUT2D eigenvalue weighted by Crippen LogP contribution is -2.38. The number of sulfone groups is 1. The second-order valence-electron chi connectivity index (χ2n) is 5.40. The zero-order chi connectivity index (χ0) is 16.2. The molecule has 0 spiro atoms. The van der Waals surface area contributed by atoms with Crippen LogP contribution in [0, 0.1) is 0 Å². The highest BCUT2D eigenvalue weighted by Crippen LogP contribution is 2.15. The van der Waals surface area contributed by atoms with Gasteiger partial charge in [-0.25, -0.2) is 8.42 Å². The molecule has 1 saturated heterocycles. The standard InChI is InChI=1S/C15H22N2O4S/c1-17(13-7-8-16-11-13)15(18)12-3-5-14(6-4-12)22(19,20)10-9-21-2/h3-6,13,16H,7-11H2,1-2H3. The van der Waals surface area contributed by atoms with Gasteiger partial charge in [0.15, 0.2) is 9.84 Å². The number of benzene rings is 1. The zero-order valence-electron chi connectivity index (χ0n) is 12.9. The maximum absolute atomic E-state index is 12.4. The second kappa shape index (κ2) is 7.21. The molecule has 1 aromatic rings. The smallest absolute Gasteiger partial charge is 0.253 e. The third kappa shape index (κ3) is 3.85. The number of ether oxygens (including phenoxy) is 1. The van der Waals surface area contributed by atoms with Crippen LogP contribution in [0.2, 0.25) is 0 Å². The maximum Gasteiger partial charge on any atom is 0.253 e. The highest BCUT2D eigenvalue weighted by Gasteiger charge is 2.24. The molecule has 0 radical (unpaired) electrons. The van der Waals surface area contributed by atoms with Crippen molar-refractivity contribution >= 4 is 15.7 Å². The quantitative estimate of drug-likeness (QED) is 0.826.